The van der Waals surface area contributed by atoms with E-state index in [0.29, 0.717) is 11.9 Å². The van der Waals surface area contributed by atoms with Crippen LogP contribution >= 0.6 is 15.9 Å². The van der Waals surface area contributed by atoms with Gasteiger partial charge in [-0.05, 0) is 0 Å². The van der Waals surface area contributed by atoms with E-state index in [1.54, 1.807) is 4.72 Å². The van der Waals surface area contributed by atoms with Gasteiger partial charge < -0.3 is 9.47 Å². The third-order valence-electron chi connectivity index (χ3n) is 2.01. The summed E-state index contributed by atoms with van der Waals surface area (Å²) in [6.07, 6.45) is -1.20. The van der Waals surface area contributed by atoms with Crippen molar-refractivity contribution < 1.29 is 22.7 Å². The van der Waals surface area contributed by atoms with E-state index in [1.165, 1.54) is 0 Å². The van der Waals surface area contributed by atoms with Gasteiger partial charge in [-0.2, -0.15) is 12.7 Å². The maximum atomic E-state index is 11.7. The Hall–Kier alpha value is -0.380. The molecule has 1 amide bonds. The Morgan fingerprint density at radius 1 is 1.69 bits per heavy atom. The van der Waals surface area contributed by atoms with E-state index in [1.807, 2.05) is 0 Å². The van der Waals surface area contributed by atoms with Gasteiger partial charge in [-0.15, -0.1) is 0 Å². The minimum atomic E-state index is -3.83. The SMILES string of the molecule is COC(=O)NS(=O)(=O)N1CCOC(CBr)C1. The Balaban J connectivity index is 2.64. The van der Waals surface area contributed by atoms with Crippen molar-refractivity contribution in [3.8, 4) is 0 Å². The molecule has 1 rings (SSSR count). The summed E-state index contributed by atoms with van der Waals surface area (Å²) in [5, 5.41) is 0.539. The van der Waals surface area contributed by atoms with E-state index in [4.69, 9.17) is 4.74 Å². The number of halogens is 1. The number of hydrogen-bond donors (Lipinski definition) is 1. The highest BCUT2D eigenvalue weighted by Crippen LogP contribution is 2.10. The molecule has 0 radical (unpaired) electrons. The van der Waals surface area contributed by atoms with E-state index in [2.05, 4.69) is 20.7 Å². The summed E-state index contributed by atoms with van der Waals surface area (Å²) < 4.78 is 35.8. The number of alkyl halides is 1. The van der Waals surface area contributed by atoms with Gasteiger partial charge >= 0.3 is 16.3 Å². The van der Waals surface area contributed by atoms with Crippen LogP contribution in [0.4, 0.5) is 4.79 Å². The van der Waals surface area contributed by atoms with E-state index < -0.39 is 16.3 Å². The van der Waals surface area contributed by atoms with E-state index in [-0.39, 0.29) is 19.2 Å². The Morgan fingerprint density at radius 3 is 2.94 bits per heavy atom. The lowest BCUT2D eigenvalue weighted by molar-refractivity contribution is 0.0132. The fourth-order valence-corrected chi connectivity index (χ4v) is 2.71. The highest BCUT2D eigenvalue weighted by atomic mass is 79.9. The Labute approximate surface area is 102 Å². The average molecular weight is 317 g/mol. The van der Waals surface area contributed by atoms with Crippen LogP contribution in [0.3, 0.4) is 0 Å². The summed E-state index contributed by atoms with van der Waals surface area (Å²) in [5.41, 5.74) is 0. The van der Waals surface area contributed by atoms with Crippen LogP contribution in [0, 0.1) is 0 Å². The molecule has 0 spiro atoms. The topological polar surface area (TPSA) is 84.9 Å². The highest BCUT2D eigenvalue weighted by Gasteiger charge is 2.30. The highest BCUT2D eigenvalue weighted by molar-refractivity contribution is 9.09. The van der Waals surface area contributed by atoms with Crippen LogP contribution in [0.2, 0.25) is 0 Å². The van der Waals surface area contributed by atoms with Gasteiger partial charge in [-0.1, -0.05) is 15.9 Å². The van der Waals surface area contributed by atoms with Gasteiger partial charge in [0.05, 0.1) is 19.8 Å². The first-order valence-corrected chi connectivity index (χ1v) is 7.09. The molecule has 1 atom stereocenters. The van der Waals surface area contributed by atoms with Crippen LogP contribution in [0.15, 0.2) is 0 Å². The first-order valence-electron chi connectivity index (χ1n) is 4.53. The van der Waals surface area contributed by atoms with Crippen LogP contribution in [0.1, 0.15) is 0 Å². The van der Waals surface area contributed by atoms with E-state index in [9.17, 15) is 13.2 Å². The predicted molar refractivity (Wildman–Crippen MR) is 59.6 cm³/mol. The van der Waals surface area contributed by atoms with Crippen molar-refractivity contribution in [2.45, 2.75) is 6.10 Å². The molecular weight excluding hydrogens is 304 g/mol. The number of carbonyl (C=O) groups excluding carboxylic acids is 1. The van der Waals surface area contributed by atoms with Gasteiger partial charge in [0, 0.05) is 18.4 Å². The van der Waals surface area contributed by atoms with Gasteiger partial charge in [-0.25, -0.2) is 9.52 Å². The Kier molecular flexibility index (Phi) is 4.96. The molecule has 1 saturated heterocycles. The number of nitrogens with zero attached hydrogens (tertiary/aromatic N) is 1. The lowest BCUT2D eigenvalue weighted by Crippen LogP contribution is -2.51. The Morgan fingerprint density at radius 2 is 2.38 bits per heavy atom. The molecule has 16 heavy (non-hydrogen) atoms. The lowest BCUT2D eigenvalue weighted by atomic mass is 10.3. The Bertz CT molecular complexity index is 347. The maximum Gasteiger partial charge on any atom is 0.421 e. The van der Waals surface area contributed by atoms with Crippen molar-refractivity contribution in [2.24, 2.45) is 0 Å². The summed E-state index contributed by atoms with van der Waals surface area (Å²) in [6, 6.07) is 0. The number of amides is 1. The second-order valence-corrected chi connectivity index (χ2v) is 5.42. The van der Waals surface area contributed by atoms with Crippen molar-refractivity contribution >= 4 is 32.2 Å². The second kappa shape index (κ2) is 5.80. The minimum Gasteiger partial charge on any atom is -0.452 e. The molecule has 0 aromatic carbocycles. The van der Waals surface area contributed by atoms with Crippen LogP contribution in [0.25, 0.3) is 0 Å². The number of morpholine rings is 1. The number of carbonyl (C=O) groups is 1. The fraction of sp³-hybridized carbons (Fsp3) is 0.857. The summed E-state index contributed by atoms with van der Waals surface area (Å²) >= 11 is 3.21. The number of methoxy groups -OCH3 is 1. The second-order valence-electron chi connectivity index (χ2n) is 3.10. The maximum absolute atomic E-state index is 11.7. The van der Waals surface area contributed by atoms with Crippen LogP contribution in [-0.4, -0.2) is 57.1 Å². The molecule has 1 fully saturated rings. The normalized spacial score (nSPS) is 22.8. The first-order chi connectivity index (χ1) is 7.49. The van der Waals surface area contributed by atoms with Gasteiger partial charge in [0.2, 0.25) is 0 Å². The van der Waals surface area contributed by atoms with Gasteiger partial charge in [0.1, 0.15) is 0 Å². The fourth-order valence-electron chi connectivity index (χ4n) is 1.22. The third-order valence-corrected chi connectivity index (χ3v) is 4.17. The third kappa shape index (κ3) is 3.58. The molecule has 1 aliphatic heterocycles. The molecule has 0 aromatic rings. The van der Waals surface area contributed by atoms with Crippen molar-refractivity contribution in [2.75, 3.05) is 32.1 Å². The zero-order valence-corrected chi connectivity index (χ0v) is 11.1. The molecule has 0 bridgehead atoms. The standard InChI is InChI=1S/C7H13BrN2O5S/c1-14-7(11)9-16(12,13)10-2-3-15-6(4-8)5-10/h6H,2-5H2,1H3,(H,9,11). The molecule has 1 aliphatic rings. The summed E-state index contributed by atoms with van der Waals surface area (Å²) in [5.74, 6) is 0. The van der Waals surface area contributed by atoms with E-state index in [0.717, 1.165) is 11.4 Å². The van der Waals surface area contributed by atoms with Crippen molar-refractivity contribution in [3.05, 3.63) is 0 Å². The predicted octanol–water partition coefficient (Wildman–Crippen LogP) is -0.317. The number of nitrogens with one attached hydrogen (secondary N) is 1. The molecule has 9 heteroatoms. The largest absolute Gasteiger partial charge is 0.452 e. The first kappa shape index (κ1) is 13.7. The monoisotopic (exact) mass is 316 g/mol. The molecular formula is C7H13BrN2O5S. The molecule has 1 unspecified atom stereocenters. The molecule has 0 aliphatic carbocycles. The number of ether oxygens (including phenoxy) is 2. The minimum absolute atomic E-state index is 0.206. The van der Waals surface area contributed by atoms with Gasteiger partial charge in [-0.3, -0.25) is 0 Å². The van der Waals surface area contributed by atoms with Crippen molar-refractivity contribution in [1.82, 2.24) is 9.03 Å². The molecule has 7 nitrogen and oxygen atoms in total. The van der Waals surface area contributed by atoms with Crippen molar-refractivity contribution in [3.63, 3.8) is 0 Å². The lowest BCUT2D eigenvalue weighted by Gasteiger charge is -2.30. The van der Waals surface area contributed by atoms with E-state index >= 15 is 0 Å². The van der Waals surface area contributed by atoms with Crippen LogP contribution < -0.4 is 4.72 Å². The van der Waals surface area contributed by atoms with Crippen LogP contribution in [-0.2, 0) is 19.7 Å². The summed E-state index contributed by atoms with van der Waals surface area (Å²) in [6.45, 7) is 0.728. The van der Waals surface area contributed by atoms with Gasteiger partial charge in [0.15, 0.2) is 0 Å². The van der Waals surface area contributed by atoms with Crippen LogP contribution in [0.5, 0.6) is 0 Å². The zero-order valence-electron chi connectivity index (χ0n) is 8.68. The zero-order chi connectivity index (χ0) is 12.2. The number of rotatable bonds is 3. The quantitative estimate of drug-likeness (QED) is 0.721. The summed E-state index contributed by atoms with van der Waals surface area (Å²) in [7, 11) is -2.73. The average Bonchev–Trinajstić information content (AvgIpc) is 2.28. The molecule has 0 aromatic heterocycles. The molecule has 1 N–H and O–H groups in total. The summed E-state index contributed by atoms with van der Waals surface area (Å²) in [4.78, 5) is 10.8. The van der Waals surface area contributed by atoms with Crippen molar-refractivity contribution in [1.29, 1.82) is 0 Å². The molecule has 94 valence electrons. The smallest absolute Gasteiger partial charge is 0.421 e. The number of hydrogen-bond acceptors (Lipinski definition) is 5. The van der Waals surface area contributed by atoms with Gasteiger partial charge in [0.25, 0.3) is 0 Å². The molecule has 0 saturated carbocycles. The molecule has 1 heterocycles.